The second kappa shape index (κ2) is 6.52. The molecule has 0 bridgehead atoms. The third-order valence-electron chi connectivity index (χ3n) is 4.59. The lowest BCUT2D eigenvalue weighted by atomic mass is 9.81. The molecule has 0 amide bonds. The molecule has 2 aliphatic rings. The molecule has 1 aliphatic carbocycles. The van der Waals surface area contributed by atoms with Gasteiger partial charge in [0.25, 0.3) is 0 Å². The van der Waals surface area contributed by atoms with Crippen molar-refractivity contribution in [2.24, 2.45) is 5.92 Å². The Labute approximate surface area is 127 Å². The summed E-state index contributed by atoms with van der Waals surface area (Å²) in [5.41, 5.74) is 0. The molecule has 124 valence electrons. The molecule has 1 aliphatic heterocycles. The first-order chi connectivity index (χ1) is 9.71. The molecule has 1 N–H and O–H groups in total. The summed E-state index contributed by atoms with van der Waals surface area (Å²) in [5.74, 6) is -0.703. The highest BCUT2D eigenvalue weighted by Crippen LogP contribution is 2.36. The Morgan fingerprint density at radius 1 is 1.00 bits per heavy atom. The van der Waals surface area contributed by atoms with E-state index in [0.29, 0.717) is 6.54 Å². The van der Waals surface area contributed by atoms with Gasteiger partial charge in [-0.05, 0) is 25.7 Å². The third-order valence-corrected chi connectivity index (χ3v) is 7.69. The number of sulfone groups is 1. The smallest absolute Gasteiger partial charge is 0.215 e. The molecule has 8 heteroatoms. The molecule has 0 radical (unpaired) electrons. The molecular weight excluding hydrogens is 314 g/mol. The minimum Gasteiger partial charge on any atom is -0.393 e. The van der Waals surface area contributed by atoms with E-state index in [4.69, 9.17) is 0 Å². The van der Waals surface area contributed by atoms with Crippen LogP contribution in [0, 0.1) is 5.92 Å². The van der Waals surface area contributed by atoms with E-state index in [-0.39, 0.29) is 23.5 Å². The summed E-state index contributed by atoms with van der Waals surface area (Å²) in [6, 6.07) is -0.162. The van der Waals surface area contributed by atoms with Crippen LogP contribution in [0.4, 0.5) is 0 Å². The first-order valence-corrected chi connectivity index (χ1v) is 11.2. The Morgan fingerprint density at radius 3 is 2.29 bits per heavy atom. The molecule has 0 spiro atoms. The molecule has 1 heterocycles. The molecule has 2 rings (SSSR count). The number of aliphatic hydroxyl groups excluding tert-OH is 1. The van der Waals surface area contributed by atoms with Crippen LogP contribution in [0.3, 0.4) is 0 Å². The Morgan fingerprint density at radius 2 is 1.67 bits per heavy atom. The first kappa shape index (κ1) is 17.2. The maximum atomic E-state index is 12.4. The average Bonchev–Trinajstić information content (AvgIpc) is 2.86. The minimum atomic E-state index is -3.57. The van der Waals surface area contributed by atoms with Crippen LogP contribution in [0.5, 0.6) is 0 Å². The largest absolute Gasteiger partial charge is 0.393 e. The van der Waals surface area contributed by atoms with Gasteiger partial charge in [0.1, 0.15) is 9.84 Å². The van der Waals surface area contributed by atoms with Crippen molar-refractivity contribution in [1.82, 2.24) is 4.31 Å². The van der Waals surface area contributed by atoms with Crippen molar-refractivity contribution < 1.29 is 21.9 Å². The molecule has 21 heavy (non-hydrogen) atoms. The highest BCUT2D eigenvalue weighted by atomic mass is 32.2. The Balaban J connectivity index is 2.10. The second-order valence-corrected chi connectivity index (χ2v) is 10.6. The van der Waals surface area contributed by atoms with E-state index in [2.05, 4.69) is 0 Å². The monoisotopic (exact) mass is 339 g/mol. The summed E-state index contributed by atoms with van der Waals surface area (Å²) in [6.45, 7) is 0.444. The third kappa shape index (κ3) is 4.40. The lowest BCUT2D eigenvalue weighted by molar-refractivity contribution is 0.0387. The van der Waals surface area contributed by atoms with Crippen molar-refractivity contribution >= 4 is 19.9 Å². The van der Waals surface area contributed by atoms with E-state index in [0.717, 1.165) is 44.8 Å². The van der Waals surface area contributed by atoms with Crippen LogP contribution in [0.25, 0.3) is 0 Å². The van der Waals surface area contributed by atoms with Crippen molar-refractivity contribution in [3.8, 4) is 0 Å². The Hall–Kier alpha value is -0.180. The van der Waals surface area contributed by atoms with Crippen LogP contribution in [0.15, 0.2) is 0 Å². The van der Waals surface area contributed by atoms with Gasteiger partial charge in [-0.15, -0.1) is 0 Å². The normalized spacial score (nSPS) is 32.4. The van der Waals surface area contributed by atoms with Crippen LogP contribution in [-0.2, 0) is 19.9 Å². The van der Waals surface area contributed by atoms with Crippen LogP contribution < -0.4 is 0 Å². The van der Waals surface area contributed by atoms with Gasteiger partial charge in [-0.2, -0.15) is 4.31 Å². The van der Waals surface area contributed by atoms with Gasteiger partial charge in [-0.25, -0.2) is 16.8 Å². The summed E-state index contributed by atoms with van der Waals surface area (Å²) in [5, 5.41) is 10.2. The van der Waals surface area contributed by atoms with E-state index in [1.807, 2.05) is 0 Å². The van der Waals surface area contributed by atoms with Crippen molar-refractivity contribution in [1.29, 1.82) is 0 Å². The Bertz CT molecular complexity index is 557. The van der Waals surface area contributed by atoms with Gasteiger partial charge >= 0.3 is 0 Å². The van der Waals surface area contributed by atoms with Gasteiger partial charge in [-0.1, -0.05) is 12.8 Å². The second-order valence-electron chi connectivity index (χ2n) is 6.28. The summed E-state index contributed by atoms with van der Waals surface area (Å²) < 4.78 is 48.7. The summed E-state index contributed by atoms with van der Waals surface area (Å²) in [6.07, 6.45) is 5.76. The molecule has 1 saturated heterocycles. The fraction of sp³-hybridized carbons (Fsp3) is 1.00. The van der Waals surface area contributed by atoms with E-state index in [1.165, 1.54) is 4.31 Å². The predicted octanol–water partition coefficient (Wildman–Crippen LogP) is 0.376. The Kier molecular flexibility index (Phi) is 5.33. The molecule has 1 saturated carbocycles. The van der Waals surface area contributed by atoms with Crippen LogP contribution in [0.1, 0.15) is 38.5 Å². The number of rotatable bonds is 5. The van der Waals surface area contributed by atoms with Gasteiger partial charge in [0.2, 0.25) is 10.0 Å². The molecule has 0 aromatic rings. The molecule has 3 unspecified atom stereocenters. The fourth-order valence-electron chi connectivity index (χ4n) is 3.50. The first-order valence-electron chi connectivity index (χ1n) is 7.56. The molecular formula is C13H25NO5S2. The van der Waals surface area contributed by atoms with Crippen LogP contribution in [0.2, 0.25) is 0 Å². The standard InChI is InChI=1S/C13H25NO5S2/c1-20(16,17)9-10-21(18,19)14-8-4-6-12(14)11-5-2-3-7-13(11)15/h11-13,15H,2-10H2,1H3. The van der Waals surface area contributed by atoms with Gasteiger partial charge < -0.3 is 5.11 Å². The number of nitrogens with zero attached hydrogens (tertiary/aromatic N) is 1. The topological polar surface area (TPSA) is 91.8 Å². The van der Waals surface area contributed by atoms with E-state index >= 15 is 0 Å². The fourth-order valence-corrected chi connectivity index (χ4v) is 6.87. The zero-order chi connectivity index (χ0) is 15.7. The minimum absolute atomic E-state index is 0.00532. The highest BCUT2D eigenvalue weighted by molar-refractivity contribution is 7.93. The molecule has 2 fully saturated rings. The molecule has 0 aromatic heterocycles. The summed E-state index contributed by atoms with van der Waals surface area (Å²) in [4.78, 5) is 0. The van der Waals surface area contributed by atoms with Gasteiger partial charge in [0, 0.05) is 24.8 Å². The average molecular weight is 339 g/mol. The van der Waals surface area contributed by atoms with Gasteiger partial charge in [0.15, 0.2) is 0 Å². The van der Waals surface area contributed by atoms with Gasteiger partial charge in [0.05, 0.1) is 17.6 Å². The number of hydrogen-bond donors (Lipinski definition) is 1. The number of sulfonamides is 1. The predicted molar refractivity (Wildman–Crippen MR) is 81.2 cm³/mol. The van der Waals surface area contributed by atoms with Crippen LogP contribution >= 0.6 is 0 Å². The number of aliphatic hydroxyl groups is 1. The molecule has 6 nitrogen and oxygen atoms in total. The van der Waals surface area contributed by atoms with E-state index < -0.39 is 26.0 Å². The van der Waals surface area contributed by atoms with Crippen molar-refractivity contribution in [2.45, 2.75) is 50.7 Å². The van der Waals surface area contributed by atoms with Crippen molar-refractivity contribution in [2.75, 3.05) is 24.3 Å². The maximum Gasteiger partial charge on any atom is 0.215 e. The van der Waals surface area contributed by atoms with E-state index in [1.54, 1.807) is 0 Å². The van der Waals surface area contributed by atoms with E-state index in [9.17, 15) is 21.9 Å². The highest BCUT2D eigenvalue weighted by Gasteiger charge is 2.41. The lowest BCUT2D eigenvalue weighted by Crippen LogP contribution is -2.46. The maximum absolute atomic E-state index is 12.4. The quantitative estimate of drug-likeness (QED) is 0.782. The van der Waals surface area contributed by atoms with Crippen LogP contribution in [-0.4, -0.2) is 62.7 Å². The zero-order valence-corrected chi connectivity index (χ0v) is 14.1. The van der Waals surface area contributed by atoms with Gasteiger partial charge in [-0.3, -0.25) is 0 Å². The summed E-state index contributed by atoms with van der Waals surface area (Å²) in [7, 11) is -6.87. The van der Waals surface area contributed by atoms with Crippen molar-refractivity contribution in [3.05, 3.63) is 0 Å². The molecule has 3 atom stereocenters. The summed E-state index contributed by atoms with van der Waals surface area (Å²) >= 11 is 0. The zero-order valence-electron chi connectivity index (χ0n) is 12.4. The lowest BCUT2D eigenvalue weighted by Gasteiger charge is -2.36. The SMILES string of the molecule is CS(=O)(=O)CCS(=O)(=O)N1CCCC1C1CCCCC1O. The molecule has 0 aromatic carbocycles. The number of hydrogen-bond acceptors (Lipinski definition) is 5. The van der Waals surface area contributed by atoms with Crippen molar-refractivity contribution in [3.63, 3.8) is 0 Å².